The van der Waals surface area contributed by atoms with Gasteiger partial charge in [0.25, 0.3) is 0 Å². The lowest BCUT2D eigenvalue weighted by Gasteiger charge is -2.35. The molecule has 0 radical (unpaired) electrons. The first-order valence-corrected chi connectivity index (χ1v) is 8.55. The zero-order chi connectivity index (χ0) is 15.3. The summed E-state index contributed by atoms with van der Waals surface area (Å²) in [5.74, 6) is 0. The summed E-state index contributed by atoms with van der Waals surface area (Å²) in [6.07, 6.45) is 3.75. The van der Waals surface area contributed by atoms with E-state index in [-0.39, 0.29) is 0 Å². The highest BCUT2D eigenvalue weighted by atomic mass is 15.1. The number of aryl methyl sites for hydroxylation is 1. The SMILES string of the molecule is CCC(C)(CNC(C)C)CN1CCCc2ccccc2C1. The number of nitrogens with one attached hydrogen (secondary N) is 1. The Morgan fingerprint density at radius 1 is 1.24 bits per heavy atom. The first-order valence-electron chi connectivity index (χ1n) is 8.55. The Labute approximate surface area is 130 Å². The highest BCUT2D eigenvalue weighted by molar-refractivity contribution is 5.28. The van der Waals surface area contributed by atoms with Crippen LogP contribution in [0.25, 0.3) is 0 Å². The highest BCUT2D eigenvalue weighted by Gasteiger charge is 2.26. The molecule has 1 atom stereocenters. The van der Waals surface area contributed by atoms with E-state index in [0.717, 1.165) is 13.1 Å². The molecule has 0 aliphatic carbocycles. The number of rotatable bonds is 6. The minimum Gasteiger partial charge on any atom is -0.314 e. The smallest absolute Gasteiger partial charge is 0.0236 e. The average Bonchev–Trinajstić information content (AvgIpc) is 2.66. The molecule has 118 valence electrons. The van der Waals surface area contributed by atoms with Crippen molar-refractivity contribution < 1.29 is 0 Å². The summed E-state index contributed by atoms with van der Waals surface area (Å²) in [5.41, 5.74) is 3.45. The summed E-state index contributed by atoms with van der Waals surface area (Å²) in [7, 11) is 0. The van der Waals surface area contributed by atoms with Crippen molar-refractivity contribution in [2.75, 3.05) is 19.6 Å². The molecule has 2 nitrogen and oxygen atoms in total. The molecule has 0 saturated carbocycles. The second-order valence-corrected chi connectivity index (χ2v) is 7.28. The van der Waals surface area contributed by atoms with Crippen LogP contribution in [0.3, 0.4) is 0 Å². The third kappa shape index (κ3) is 4.82. The standard InChI is InChI=1S/C19H32N2/c1-5-19(4,14-20-16(2)3)15-21-12-8-11-17-9-6-7-10-18(17)13-21/h6-7,9-10,16,20H,5,8,11-15H2,1-4H3. The summed E-state index contributed by atoms with van der Waals surface area (Å²) in [5, 5.41) is 3.63. The van der Waals surface area contributed by atoms with Gasteiger partial charge in [-0.25, -0.2) is 0 Å². The number of fused-ring (bicyclic) bond motifs is 1. The molecule has 1 unspecified atom stereocenters. The van der Waals surface area contributed by atoms with E-state index in [0.29, 0.717) is 11.5 Å². The van der Waals surface area contributed by atoms with Gasteiger partial charge in [0, 0.05) is 25.7 Å². The molecule has 1 N–H and O–H groups in total. The lowest BCUT2D eigenvalue weighted by atomic mass is 9.86. The van der Waals surface area contributed by atoms with Crippen LogP contribution in [-0.4, -0.2) is 30.6 Å². The van der Waals surface area contributed by atoms with Gasteiger partial charge in [-0.2, -0.15) is 0 Å². The van der Waals surface area contributed by atoms with E-state index in [4.69, 9.17) is 0 Å². The molecule has 0 saturated heterocycles. The molecule has 1 aromatic rings. The molecule has 0 amide bonds. The second-order valence-electron chi connectivity index (χ2n) is 7.28. The predicted octanol–water partition coefficient (Wildman–Crippen LogP) is 3.85. The van der Waals surface area contributed by atoms with E-state index < -0.39 is 0 Å². The molecule has 2 heteroatoms. The molecule has 1 aromatic carbocycles. The Hall–Kier alpha value is -0.860. The average molecular weight is 288 g/mol. The van der Waals surface area contributed by atoms with Crippen LogP contribution in [0.4, 0.5) is 0 Å². The summed E-state index contributed by atoms with van der Waals surface area (Å²) in [6.45, 7) is 13.9. The Morgan fingerprint density at radius 3 is 2.62 bits per heavy atom. The Morgan fingerprint density at radius 2 is 1.95 bits per heavy atom. The van der Waals surface area contributed by atoms with Crippen molar-refractivity contribution in [3.8, 4) is 0 Å². The maximum absolute atomic E-state index is 3.63. The lowest BCUT2D eigenvalue weighted by molar-refractivity contribution is 0.148. The van der Waals surface area contributed by atoms with Crippen LogP contribution in [0.15, 0.2) is 24.3 Å². The number of hydrogen-bond acceptors (Lipinski definition) is 2. The third-order valence-electron chi connectivity index (χ3n) is 4.83. The van der Waals surface area contributed by atoms with Crippen LogP contribution in [-0.2, 0) is 13.0 Å². The maximum Gasteiger partial charge on any atom is 0.0236 e. The molecule has 1 aliphatic heterocycles. The van der Waals surface area contributed by atoms with Gasteiger partial charge >= 0.3 is 0 Å². The monoisotopic (exact) mass is 288 g/mol. The summed E-state index contributed by atoms with van der Waals surface area (Å²) < 4.78 is 0. The molecular formula is C19H32N2. The quantitative estimate of drug-likeness (QED) is 0.855. The van der Waals surface area contributed by atoms with Crippen LogP contribution in [0, 0.1) is 5.41 Å². The molecule has 1 aliphatic rings. The van der Waals surface area contributed by atoms with Crippen LogP contribution < -0.4 is 5.32 Å². The lowest BCUT2D eigenvalue weighted by Crippen LogP contribution is -2.43. The zero-order valence-electron chi connectivity index (χ0n) is 14.3. The molecule has 2 rings (SSSR count). The topological polar surface area (TPSA) is 15.3 Å². The van der Waals surface area contributed by atoms with Gasteiger partial charge in [0.2, 0.25) is 0 Å². The first kappa shape index (κ1) is 16.5. The Balaban J connectivity index is 2.01. The number of hydrogen-bond donors (Lipinski definition) is 1. The largest absolute Gasteiger partial charge is 0.314 e. The summed E-state index contributed by atoms with van der Waals surface area (Å²) in [4.78, 5) is 2.66. The molecule has 0 fully saturated rings. The van der Waals surface area contributed by atoms with E-state index in [1.165, 1.54) is 37.9 Å². The number of nitrogens with zero attached hydrogens (tertiary/aromatic N) is 1. The zero-order valence-corrected chi connectivity index (χ0v) is 14.3. The van der Waals surface area contributed by atoms with Gasteiger partial charge in [-0.05, 0) is 42.3 Å². The van der Waals surface area contributed by atoms with Gasteiger partial charge in [-0.15, -0.1) is 0 Å². The van der Waals surface area contributed by atoms with E-state index in [1.807, 2.05) is 0 Å². The molecule has 0 aromatic heterocycles. The van der Waals surface area contributed by atoms with Crippen LogP contribution >= 0.6 is 0 Å². The van der Waals surface area contributed by atoms with Gasteiger partial charge < -0.3 is 5.32 Å². The van der Waals surface area contributed by atoms with Crippen molar-refractivity contribution in [1.82, 2.24) is 10.2 Å². The fraction of sp³-hybridized carbons (Fsp3) is 0.684. The van der Waals surface area contributed by atoms with Crippen molar-refractivity contribution in [3.05, 3.63) is 35.4 Å². The van der Waals surface area contributed by atoms with Crippen LogP contribution in [0.5, 0.6) is 0 Å². The Bertz CT molecular complexity index is 441. The first-order chi connectivity index (χ1) is 10.0. The van der Waals surface area contributed by atoms with Crippen molar-refractivity contribution in [2.45, 2.75) is 59.5 Å². The van der Waals surface area contributed by atoms with Crippen LogP contribution in [0.1, 0.15) is 51.7 Å². The van der Waals surface area contributed by atoms with E-state index in [2.05, 4.69) is 62.2 Å². The fourth-order valence-electron chi connectivity index (χ4n) is 3.19. The van der Waals surface area contributed by atoms with Gasteiger partial charge in [0.1, 0.15) is 0 Å². The van der Waals surface area contributed by atoms with Crippen molar-refractivity contribution in [1.29, 1.82) is 0 Å². The summed E-state index contributed by atoms with van der Waals surface area (Å²) >= 11 is 0. The van der Waals surface area contributed by atoms with Gasteiger partial charge in [-0.1, -0.05) is 52.0 Å². The minimum absolute atomic E-state index is 0.365. The molecular weight excluding hydrogens is 256 g/mol. The van der Waals surface area contributed by atoms with Gasteiger partial charge in [0.15, 0.2) is 0 Å². The second kappa shape index (κ2) is 7.42. The van der Waals surface area contributed by atoms with Crippen molar-refractivity contribution in [2.24, 2.45) is 5.41 Å². The van der Waals surface area contributed by atoms with Gasteiger partial charge in [-0.3, -0.25) is 4.90 Å². The van der Waals surface area contributed by atoms with E-state index in [9.17, 15) is 0 Å². The maximum atomic E-state index is 3.63. The van der Waals surface area contributed by atoms with E-state index >= 15 is 0 Å². The minimum atomic E-state index is 0.365. The molecule has 0 spiro atoms. The van der Waals surface area contributed by atoms with Gasteiger partial charge in [0.05, 0.1) is 0 Å². The molecule has 21 heavy (non-hydrogen) atoms. The van der Waals surface area contributed by atoms with Crippen molar-refractivity contribution in [3.63, 3.8) is 0 Å². The third-order valence-corrected chi connectivity index (χ3v) is 4.83. The van der Waals surface area contributed by atoms with Crippen molar-refractivity contribution >= 4 is 0 Å². The summed E-state index contributed by atoms with van der Waals surface area (Å²) in [6, 6.07) is 9.54. The molecule has 1 heterocycles. The fourth-order valence-corrected chi connectivity index (χ4v) is 3.19. The highest BCUT2D eigenvalue weighted by Crippen LogP contribution is 2.25. The molecule has 0 bridgehead atoms. The van der Waals surface area contributed by atoms with E-state index in [1.54, 1.807) is 5.56 Å². The Kier molecular flexibility index (Phi) is 5.83. The number of benzene rings is 1. The van der Waals surface area contributed by atoms with Crippen LogP contribution in [0.2, 0.25) is 0 Å². The predicted molar refractivity (Wildman–Crippen MR) is 91.6 cm³/mol. The normalized spacial score (nSPS) is 19.1.